The summed E-state index contributed by atoms with van der Waals surface area (Å²) in [7, 11) is 0. The predicted octanol–water partition coefficient (Wildman–Crippen LogP) is 9.22. The van der Waals surface area contributed by atoms with Gasteiger partial charge in [0.25, 0.3) is 0 Å². The van der Waals surface area contributed by atoms with Crippen molar-refractivity contribution in [2.45, 2.75) is 41.5 Å². The fourth-order valence-electron chi connectivity index (χ4n) is 3.84. The quantitative estimate of drug-likeness (QED) is 0.325. The van der Waals surface area contributed by atoms with Gasteiger partial charge in [-0.2, -0.15) is 5.11 Å². The Morgan fingerprint density at radius 2 is 1.44 bits per heavy atom. The fraction of sp³-hybridized carbons (Fsp3) is 0.276. The summed E-state index contributed by atoms with van der Waals surface area (Å²) in [4.78, 5) is 13.4. The van der Waals surface area contributed by atoms with E-state index in [1.54, 1.807) is 0 Å². The molecule has 0 saturated heterocycles. The number of hydrogen-bond acceptors (Lipinski definition) is 4. The number of hydrogen-bond donors (Lipinski definition) is 0. The normalized spacial score (nSPS) is 15.1. The Balaban J connectivity index is 1.98. The van der Waals surface area contributed by atoms with Gasteiger partial charge >= 0.3 is 0 Å². The Bertz CT molecular complexity index is 1300. The molecule has 0 unspecified atom stereocenters. The van der Waals surface area contributed by atoms with Gasteiger partial charge in [0, 0.05) is 26.6 Å². The molecule has 0 bridgehead atoms. The maximum absolute atomic E-state index is 13.4. The third-order valence-electron chi connectivity index (χ3n) is 5.73. The second-order valence-electron chi connectivity index (χ2n) is 10.6. The Labute approximate surface area is 209 Å². The minimum atomic E-state index is -0.324. The molecule has 0 atom stereocenters. The predicted molar refractivity (Wildman–Crippen MR) is 142 cm³/mol. The molecule has 0 amide bonds. The maximum Gasteiger partial charge on any atom is 0.186 e. The van der Waals surface area contributed by atoms with Crippen LogP contribution in [0.3, 0.4) is 0 Å². The minimum absolute atomic E-state index is 0.0811. The van der Waals surface area contributed by atoms with E-state index in [-0.39, 0.29) is 16.6 Å². The summed E-state index contributed by atoms with van der Waals surface area (Å²) in [6.07, 6.45) is 3.89. The lowest BCUT2D eigenvalue weighted by molar-refractivity contribution is -0.114. The van der Waals surface area contributed by atoms with Crippen LogP contribution in [-0.4, -0.2) is 5.78 Å². The molecule has 5 heteroatoms. The molecular formula is C29H29BrN2O2. The van der Waals surface area contributed by atoms with E-state index in [0.717, 1.165) is 37.8 Å². The number of azo groups is 1. The Morgan fingerprint density at radius 1 is 0.853 bits per heavy atom. The van der Waals surface area contributed by atoms with Crippen molar-refractivity contribution in [2.24, 2.45) is 21.1 Å². The Morgan fingerprint density at radius 3 is 2.00 bits per heavy atom. The number of fused-ring (bicyclic) bond motifs is 1. The summed E-state index contributed by atoms with van der Waals surface area (Å²) in [5.74, 6) is 0.693. The van der Waals surface area contributed by atoms with Gasteiger partial charge in [0.05, 0.1) is 5.69 Å². The molecule has 1 aliphatic rings. The van der Waals surface area contributed by atoms with Gasteiger partial charge in [0.15, 0.2) is 11.5 Å². The average Bonchev–Trinajstić information content (AvgIpc) is 3.18. The van der Waals surface area contributed by atoms with Crippen LogP contribution < -0.4 is 0 Å². The molecule has 3 aromatic rings. The van der Waals surface area contributed by atoms with Crippen LogP contribution in [0.1, 0.15) is 47.3 Å². The van der Waals surface area contributed by atoms with Crippen LogP contribution in [0.5, 0.6) is 0 Å². The van der Waals surface area contributed by atoms with E-state index in [4.69, 9.17) is 4.42 Å². The number of halogens is 1. The van der Waals surface area contributed by atoms with Crippen LogP contribution in [-0.2, 0) is 4.79 Å². The number of allylic oxidation sites excluding steroid dienone is 5. The molecule has 0 radical (unpaired) electrons. The molecular weight excluding hydrogens is 488 g/mol. The first-order chi connectivity index (χ1) is 15.9. The standard InChI is InChI=1S/C29H29BrN2O2/c1-28(2,3)22-15-19(16-23(27(22)33)29(4,5)6)26(32-31-21-13-11-20(30)12-14-21)25-17-18-9-7-8-10-24(18)34-25/h7-17H,1-6H3. The molecule has 1 aromatic heterocycles. The molecule has 0 saturated carbocycles. The van der Waals surface area contributed by atoms with E-state index in [1.807, 2.05) is 66.7 Å². The second-order valence-corrected chi connectivity index (χ2v) is 11.5. The summed E-state index contributed by atoms with van der Waals surface area (Å²) in [6.45, 7) is 12.4. The van der Waals surface area contributed by atoms with Crippen molar-refractivity contribution in [1.29, 1.82) is 0 Å². The van der Waals surface area contributed by atoms with Gasteiger partial charge < -0.3 is 4.42 Å². The van der Waals surface area contributed by atoms with Crippen LogP contribution >= 0.6 is 15.9 Å². The molecule has 0 fully saturated rings. The highest BCUT2D eigenvalue weighted by Crippen LogP contribution is 2.41. The van der Waals surface area contributed by atoms with Crippen molar-refractivity contribution >= 4 is 44.1 Å². The number of Topliss-reactive ketones (excluding diaryl/α,β-unsaturated/α-hetero) is 1. The summed E-state index contributed by atoms with van der Waals surface area (Å²) < 4.78 is 7.17. The lowest BCUT2D eigenvalue weighted by Crippen LogP contribution is -2.28. The maximum atomic E-state index is 13.4. The average molecular weight is 517 g/mol. The van der Waals surface area contributed by atoms with Crippen LogP contribution in [0.4, 0.5) is 5.69 Å². The summed E-state index contributed by atoms with van der Waals surface area (Å²) in [6, 6.07) is 17.5. The summed E-state index contributed by atoms with van der Waals surface area (Å²) >= 11 is 3.46. The van der Waals surface area contributed by atoms with Crippen molar-refractivity contribution in [1.82, 2.24) is 0 Å². The smallest absolute Gasteiger partial charge is 0.186 e. The number of benzene rings is 2. The number of ketones is 1. The molecule has 1 heterocycles. The van der Waals surface area contributed by atoms with E-state index in [1.165, 1.54) is 0 Å². The highest BCUT2D eigenvalue weighted by molar-refractivity contribution is 9.10. The van der Waals surface area contributed by atoms with Crippen molar-refractivity contribution in [3.8, 4) is 0 Å². The number of carbonyl (C=O) groups is 1. The van der Waals surface area contributed by atoms with Gasteiger partial charge in [-0.05, 0) is 59.4 Å². The van der Waals surface area contributed by atoms with E-state index < -0.39 is 0 Å². The van der Waals surface area contributed by atoms with Gasteiger partial charge in [0.2, 0.25) is 0 Å². The fourth-order valence-corrected chi connectivity index (χ4v) is 4.11. The number of para-hydroxylation sites is 1. The van der Waals surface area contributed by atoms with Crippen LogP contribution in [0, 0.1) is 10.8 Å². The largest absolute Gasteiger partial charge is 0.454 e. The van der Waals surface area contributed by atoms with E-state index >= 15 is 0 Å². The zero-order valence-electron chi connectivity index (χ0n) is 20.4. The van der Waals surface area contributed by atoms with Crippen molar-refractivity contribution in [3.05, 3.63) is 93.7 Å². The van der Waals surface area contributed by atoms with Crippen molar-refractivity contribution < 1.29 is 9.21 Å². The first-order valence-corrected chi connectivity index (χ1v) is 12.1. The third kappa shape index (κ3) is 5.05. The molecule has 34 heavy (non-hydrogen) atoms. The molecule has 1 aliphatic carbocycles. The number of rotatable bonds is 3. The second kappa shape index (κ2) is 8.95. The Kier molecular flexibility index (Phi) is 6.34. The van der Waals surface area contributed by atoms with Gasteiger partial charge in [-0.1, -0.05) is 75.7 Å². The SMILES string of the molecule is CC(C)(C)C1=CC(=C(N=Nc2ccc(Br)cc2)c2cc3ccccc3o2)C=C(C(C)(C)C)C1=O. The molecule has 0 aliphatic heterocycles. The first kappa shape index (κ1) is 24.1. The summed E-state index contributed by atoms with van der Waals surface area (Å²) in [5.41, 5.74) is 3.77. The topological polar surface area (TPSA) is 54.9 Å². The van der Waals surface area contributed by atoms with Gasteiger partial charge in [-0.25, -0.2) is 0 Å². The summed E-state index contributed by atoms with van der Waals surface area (Å²) in [5, 5.41) is 10.2. The molecule has 174 valence electrons. The van der Waals surface area contributed by atoms with Crippen LogP contribution in [0.15, 0.2) is 103 Å². The molecule has 0 N–H and O–H groups in total. The van der Waals surface area contributed by atoms with E-state index in [9.17, 15) is 4.79 Å². The third-order valence-corrected chi connectivity index (χ3v) is 6.26. The lowest BCUT2D eigenvalue weighted by Gasteiger charge is -2.31. The van der Waals surface area contributed by atoms with Crippen LogP contribution in [0.25, 0.3) is 16.7 Å². The van der Waals surface area contributed by atoms with E-state index in [0.29, 0.717) is 11.5 Å². The Hall–Kier alpha value is -3.05. The number of carbonyl (C=O) groups excluding carboxylic acids is 1. The van der Waals surface area contributed by atoms with E-state index in [2.05, 4.69) is 67.7 Å². The van der Waals surface area contributed by atoms with Gasteiger partial charge in [-0.3, -0.25) is 4.79 Å². The minimum Gasteiger partial charge on any atom is -0.454 e. The van der Waals surface area contributed by atoms with Crippen LogP contribution in [0.2, 0.25) is 0 Å². The van der Waals surface area contributed by atoms with Crippen molar-refractivity contribution in [2.75, 3.05) is 0 Å². The molecule has 4 nitrogen and oxygen atoms in total. The molecule has 4 rings (SSSR count). The zero-order valence-corrected chi connectivity index (χ0v) is 22.0. The van der Waals surface area contributed by atoms with Gasteiger partial charge in [-0.15, -0.1) is 5.11 Å². The highest BCUT2D eigenvalue weighted by Gasteiger charge is 2.35. The van der Waals surface area contributed by atoms with Gasteiger partial charge in [0.1, 0.15) is 11.3 Å². The first-order valence-electron chi connectivity index (χ1n) is 11.3. The van der Waals surface area contributed by atoms with Crippen molar-refractivity contribution in [3.63, 3.8) is 0 Å². The highest BCUT2D eigenvalue weighted by atomic mass is 79.9. The number of furan rings is 1. The molecule has 0 spiro atoms. The monoisotopic (exact) mass is 516 g/mol. The molecule has 2 aromatic carbocycles. The lowest BCUT2D eigenvalue weighted by atomic mass is 9.71. The zero-order chi connectivity index (χ0) is 24.7. The number of nitrogens with zero attached hydrogens (tertiary/aromatic N) is 2.